The number of carbonyl (C=O) groups is 1. The van der Waals surface area contributed by atoms with E-state index < -0.39 is 16.6 Å². The van der Waals surface area contributed by atoms with Gasteiger partial charge in [0, 0.05) is 12.1 Å². The number of nitro groups is 1. The Hall–Kier alpha value is -3.16. The first-order chi connectivity index (χ1) is 11.0. The van der Waals surface area contributed by atoms with Gasteiger partial charge in [0.05, 0.1) is 30.0 Å². The first-order valence-electron chi connectivity index (χ1n) is 6.62. The lowest BCUT2D eigenvalue weighted by Crippen LogP contribution is -2.22. The highest BCUT2D eigenvalue weighted by molar-refractivity contribution is 5.95. The molecule has 7 nitrogen and oxygen atoms in total. The fourth-order valence-electron chi connectivity index (χ4n) is 1.88. The number of rotatable bonds is 6. The number of para-hydroxylation sites is 1. The van der Waals surface area contributed by atoms with E-state index in [1.807, 2.05) is 0 Å². The van der Waals surface area contributed by atoms with E-state index in [2.05, 4.69) is 10.6 Å². The van der Waals surface area contributed by atoms with Crippen molar-refractivity contribution in [3.8, 4) is 5.75 Å². The van der Waals surface area contributed by atoms with Crippen molar-refractivity contribution in [2.24, 2.45) is 0 Å². The molecule has 2 N–H and O–H groups in total. The molecule has 0 radical (unpaired) electrons. The normalized spacial score (nSPS) is 10.0. The van der Waals surface area contributed by atoms with Gasteiger partial charge in [-0.25, -0.2) is 4.39 Å². The van der Waals surface area contributed by atoms with Gasteiger partial charge in [0.25, 0.3) is 5.69 Å². The predicted octanol–water partition coefficient (Wildman–Crippen LogP) is 2.79. The van der Waals surface area contributed by atoms with E-state index in [9.17, 15) is 19.3 Å². The average Bonchev–Trinajstić information content (AvgIpc) is 2.54. The molecule has 2 aromatic carbocycles. The summed E-state index contributed by atoms with van der Waals surface area (Å²) in [5.74, 6) is -0.685. The molecule has 0 atom stereocenters. The van der Waals surface area contributed by atoms with Gasteiger partial charge in [-0.15, -0.1) is 0 Å². The number of methoxy groups -OCH3 is 1. The Morgan fingerprint density at radius 2 is 2.00 bits per heavy atom. The highest BCUT2D eigenvalue weighted by atomic mass is 19.1. The van der Waals surface area contributed by atoms with Crippen molar-refractivity contribution in [3.05, 3.63) is 58.4 Å². The van der Waals surface area contributed by atoms with Crippen molar-refractivity contribution in [1.29, 1.82) is 0 Å². The molecule has 120 valence electrons. The quantitative estimate of drug-likeness (QED) is 0.631. The molecule has 0 unspecified atom stereocenters. The molecule has 1 amide bonds. The first kappa shape index (κ1) is 16.2. The molecule has 2 rings (SSSR count). The Kier molecular flexibility index (Phi) is 5.08. The monoisotopic (exact) mass is 319 g/mol. The molecule has 0 bridgehead atoms. The second-order valence-corrected chi connectivity index (χ2v) is 4.52. The number of anilines is 2. The Labute approximate surface area is 131 Å². The van der Waals surface area contributed by atoms with Crippen LogP contribution in [0.5, 0.6) is 5.75 Å². The lowest BCUT2D eigenvalue weighted by Gasteiger charge is -2.11. The number of ether oxygens (including phenoxy) is 1. The zero-order valence-electron chi connectivity index (χ0n) is 12.2. The Bertz CT molecular complexity index is 736. The lowest BCUT2D eigenvalue weighted by atomic mass is 10.2. The number of carbonyl (C=O) groups excluding carboxylic acids is 1. The van der Waals surface area contributed by atoms with Crippen LogP contribution in [0.4, 0.5) is 21.5 Å². The predicted molar refractivity (Wildman–Crippen MR) is 83.2 cm³/mol. The molecule has 23 heavy (non-hydrogen) atoms. The number of hydrogen-bond acceptors (Lipinski definition) is 5. The fraction of sp³-hybridized carbons (Fsp3) is 0.133. The molecular weight excluding hydrogens is 305 g/mol. The van der Waals surface area contributed by atoms with Crippen LogP contribution in [0.1, 0.15) is 0 Å². The van der Waals surface area contributed by atoms with Gasteiger partial charge in [0.1, 0.15) is 11.6 Å². The van der Waals surface area contributed by atoms with Gasteiger partial charge in [-0.3, -0.25) is 14.9 Å². The molecule has 8 heteroatoms. The molecule has 0 spiro atoms. The van der Waals surface area contributed by atoms with E-state index in [1.54, 1.807) is 6.07 Å². The number of nitrogens with zero attached hydrogens (tertiary/aromatic N) is 1. The van der Waals surface area contributed by atoms with E-state index in [1.165, 1.54) is 43.5 Å². The number of halogens is 1. The number of hydrogen-bond donors (Lipinski definition) is 2. The summed E-state index contributed by atoms with van der Waals surface area (Å²) in [5.41, 5.74) is 0.179. The summed E-state index contributed by atoms with van der Waals surface area (Å²) in [6, 6.07) is 9.78. The molecule has 0 heterocycles. The van der Waals surface area contributed by atoms with E-state index in [0.717, 1.165) is 0 Å². The van der Waals surface area contributed by atoms with Crippen molar-refractivity contribution < 1.29 is 18.8 Å². The van der Waals surface area contributed by atoms with Crippen molar-refractivity contribution >= 4 is 23.0 Å². The SMILES string of the molecule is COc1ccc([N+](=O)[O-])cc1NC(=O)CNc1ccccc1F. The van der Waals surface area contributed by atoms with Gasteiger partial charge in [0.2, 0.25) is 5.91 Å². The third kappa shape index (κ3) is 4.16. The van der Waals surface area contributed by atoms with Gasteiger partial charge < -0.3 is 15.4 Å². The highest BCUT2D eigenvalue weighted by Crippen LogP contribution is 2.28. The van der Waals surface area contributed by atoms with Crippen LogP contribution in [-0.4, -0.2) is 24.5 Å². The van der Waals surface area contributed by atoms with Crippen LogP contribution in [0.2, 0.25) is 0 Å². The maximum absolute atomic E-state index is 13.4. The molecule has 0 fully saturated rings. The minimum atomic E-state index is -0.577. The molecule has 2 aromatic rings. The van der Waals surface area contributed by atoms with Crippen molar-refractivity contribution in [2.75, 3.05) is 24.3 Å². The second-order valence-electron chi connectivity index (χ2n) is 4.52. The van der Waals surface area contributed by atoms with Gasteiger partial charge in [0.15, 0.2) is 0 Å². The second kappa shape index (κ2) is 7.21. The number of nitro benzene ring substituents is 1. The lowest BCUT2D eigenvalue weighted by molar-refractivity contribution is -0.384. The standard InChI is InChI=1S/C15H14FN3O4/c1-23-14-7-6-10(19(21)22)8-13(14)18-15(20)9-17-12-5-3-2-4-11(12)16/h2-8,17H,9H2,1H3,(H,18,20). The third-order valence-electron chi connectivity index (χ3n) is 2.98. The van der Waals surface area contributed by atoms with Gasteiger partial charge in [-0.1, -0.05) is 12.1 Å². The zero-order chi connectivity index (χ0) is 16.8. The zero-order valence-corrected chi connectivity index (χ0v) is 12.2. The Morgan fingerprint density at radius 1 is 1.26 bits per heavy atom. The minimum Gasteiger partial charge on any atom is -0.495 e. The largest absolute Gasteiger partial charge is 0.495 e. The minimum absolute atomic E-state index is 0.169. The molecular formula is C15H14FN3O4. The summed E-state index contributed by atoms with van der Waals surface area (Å²) in [6.07, 6.45) is 0. The van der Waals surface area contributed by atoms with E-state index >= 15 is 0 Å². The summed E-state index contributed by atoms with van der Waals surface area (Å²) in [7, 11) is 1.38. The summed E-state index contributed by atoms with van der Waals surface area (Å²) in [5, 5.41) is 15.9. The maximum Gasteiger partial charge on any atom is 0.271 e. The molecule has 0 saturated carbocycles. The Morgan fingerprint density at radius 3 is 2.65 bits per heavy atom. The maximum atomic E-state index is 13.4. The van der Waals surface area contributed by atoms with E-state index in [4.69, 9.17) is 4.74 Å². The topological polar surface area (TPSA) is 93.5 Å². The van der Waals surface area contributed by atoms with Crippen LogP contribution in [0, 0.1) is 15.9 Å². The van der Waals surface area contributed by atoms with Crippen LogP contribution in [-0.2, 0) is 4.79 Å². The van der Waals surface area contributed by atoms with E-state index in [0.29, 0.717) is 0 Å². The number of nitrogens with one attached hydrogen (secondary N) is 2. The van der Waals surface area contributed by atoms with Crippen LogP contribution in [0.25, 0.3) is 0 Å². The van der Waals surface area contributed by atoms with E-state index in [-0.39, 0.29) is 29.4 Å². The number of benzene rings is 2. The summed E-state index contributed by atoms with van der Waals surface area (Å²) in [6.45, 7) is -0.202. The van der Waals surface area contributed by atoms with Gasteiger partial charge in [-0.05, 0) is 18.2 Å². The summed E-state index contributed by atoms with van der Waals surface area (Å²) >= 11 is 0. The molecule has 0 saturated heterocycles. The van der Waals surface area contributed by atoms with Crippen molar-refractivity contribution in [2.45, 2.75) is 0 Å². The summed E-state index contributed by atoms with van der Waals surface area (Å²) in [4.78, 5) is 22.1. The molecule has 0 aliphatic carbocycles. The molecule has 0 aliphatic heterocycles. The van der Waals surface area contributed by atoms with Crippen LogP contribution >= 0.6 is 0 Å². The van der Waals surface area contributed by atoms with Crippen LogP contribution < -0.4 is 15.4 Å². The van der Waals surface area contributed by atoms with Crippen LogP contribution in [0.3, 0.4) is 0 Å². The highest BCUT2D eigenvalue weighted by Gasteiger charge is 2.13. The van der Waals surface area contributed by atoms with Gasteiger partial charge in [-0.2, -0.15) is 0 Å². The van der Waals surface area contributed by atoms with Crippen LogP contribution in [0.15, 0.2) is 42.5 Å². The summed E-state index contributed by atoms with van der Waals surface area (Å²) < 4.78 is 18.5. The number of amides is 1. The first-order valence-corrected chi connectivity index (χ1v) is 6.62. The van der Waals surface area contributed by atoms with Crippen molar-refractivity contribution in [1.82, 2.24) is 0 Å². The van der Waals surface area contributed by atoms with Crippen molar-refractivity contribution in [3.63, 3.8) is 0 Å². The average molecular weight is 319 g/mol. The Balaban J connectivity index is 2.06. The third-order valence-corrected chi connectivity index (χ3v) is 2.98. The van der Waals surface area contributed by atoms with Gasteiger partial charge >= 0.3 is 0 Å². The molecule has 0 aliphatic rings. The smallest absolute Gasteiger partial charge is 0.271 e. The molecule has 0 aromatic heterocycles. The number of non-ortho nitro benzene ring substituents is 1. The fourth-order valence-corrected chi connectivity index (χ4v) is 1.88.